The van der Waals surface area contributed by atoms with Gasteiger partial charge in [0.1, 0.15) is 5.75 Å². The Bertz CT molecular complexity index is 876. The predicted octanol–water partition coefficient (Wildman–Crippen LogP) is 2.55. The maximum Gasteiger partial charge on any atom is 0.416 e. The number of carbonyl (C=O) groups excluding carboxylic acids is 1. The number of amides is 1. The number of rotatable bonds is 6. The summed E-state index contributed by atoms with van der Waals surface area (Å²) in [6, 6.07) is 3.28. The van der Waals surface area contributed by atoms with Crippen LogP contribution in [0.2, 0.25) is 0 Å². The van der Waals surface area contributed by atoms with Crippen molar-refractivity contribution in [1.29, 1.82) is 0 Å². The number of hydrogen-bond donors (Lipinski definition) is 1. The molecule has 2 heterocycles. The van der Waals surface area contributed by atoms with Gasteiger partial charge in [-0.3, -0.25) is 10.0 Å². The third kappa shape index (κ3) is 4.70. The Balaban J connectivity index is 1.82. The van der Waals surface area contributed by atoms with Gasteiger partial charge in [0, 0.05) is 19.7 Å². The number of hydrogen-bond acceptors (Lipinski definition) is 5. The summed E-state index contributed by atoms with van der Waals surface area (Å²) < 4.78 is 69.9. The van der Waals surface area contributed by atoms with Crippen molar-refractivity contribution in [1.82, 2.24) is 9.37 Å². The summed E-state index contributed by atoms with van der Waals surface area (Å²) in [6.45, 7) is 0.350. The smallest absolute Gasteiger partial charge is 0.375 e. The minimum Gasteiger partial charge on any atom is -0.375 e. The molecule has 0 spiro atoms. The lowest BCUT2D eigenvalue weighted by atomic mass is 9.98. The van der Waals surface area contributed by atoms with Crippen LogP contribution in [0.5, 0.6) is 0 Å². The maximum absolute atomic E-state index is 13.0. The lowest BCUT2D eigenvalue weighted by Crippen LogP contribution is -2.56. The molecule has 0 aliphatic carbocycles. The van der Waals surface area contributed by atoms with Crippen molar-refractivity contribution in [3.05, 3.63) is 34.9 Å². The standard InChI is InChI=1S/C17H20F3IN2O5S/c18-17(19,20)14-4-3-13-9-22(6-5-12(13)8-14)29(26,27)10-16(21,23(25)11-24)15-2-1-7-28-15/h3-4,8,11,15,25H,1-2,5-7,9-10H2/t15-,16?/m1/s1. The minimum absolute atomic E-state index is 0.0153. The molecule has 2 atom stereocenters. The number of nitrogens with zero attached hydrogens (tertiary/aromatic N) is 2. The zero-order chi connectivity index (χ0) is 21.4. The van der Waals surface area contributed by atoms with E-state index in [1.165, 1.54) is 10.4 Å². The van der Waals surface area contributed by atoms with Crippen molar-refractivity contribution in [3.63, 3.8) is 0 Å². The first-order valence-corrected chi connectivity index (χ1v) is 11.6. The van der Waals surface area contributed by atoms with Gasteiger partial charge in [-0.1, -0.05) is 6.07 Å². The van der Waals surface area contributed by atoms with Crippen LogP contribution in [0.3, 0.4) is 0 Å². The molecule has 29 heavy (non-hydrogen) atoms. The maximum atomic E-state index is 13.0. The molecule has 1 fully saturated rings. The van der Waals surface area contributed by atoms with Gasteiger partial charge in [0.25, 0.3) is 0 Å². The summed E-state index contributed by atoms with van der Waals surface area (Å²) in [5.41, 5.74) is 0.196. The summed E-state index contributed by atoms with van der Waals surface area (Å²) >= 11 is 1.73. The van der Waals surface area contributed by atoms with Gasteiger partial charge in [-0.05, 0) is 65.1 Å². The average molecular weight is 548 g/mol. The summed E-state index contributed by atoms with van der Waals surface area (Å²) in [5.74, 6) is -0.573. The van der Waals surface area contributed by atoms with Crippen molar-refractivity contribution >= 4 is 39.0 Å². The normalized spacial score (nSPS) is 22.7. The number of benzene rings is 1. The second-order valence-corrected chi connectivity index (χ2v) is 10.9. The van der Waals surface area contributed by atoms with Crippen molar-refractivity contribution in [2.45, 2.75) is 41.6 Å². The van der Waals surface area contributed by atoms with Crippen LogP contribution >= 0.6 is 22.6 Å². The van der Waals surface area contributed by atoms with Crippen LogP contribution < -0.4 is 0 Å². The number of carbonyl (C=O) groups is 1. The summed E-state index contributed by atoms with van der Waals surface area (Å²) in [7, 11) is -3.95. The molecule has 162 valence electrons. The molecule has 2 aliphatic rings. The van der Waals surface area contributed by atoms with Crippen molar-refractivity contribution in [2.24, 2.45) is 0 Å². The van der Waals surface area contributed by atoms with E-state index in [0.29, 0.717) is 35.6 Å². The van der Waals surface area contributed by atoms with E-state index in [-0.39, 0.29) is 25.9 Å². The molecule has 0 bridgehead atoms. The largest absolute Gasteiger partial charge is 0.416 e. The van der Waals surface area contributed by atoms with Crippen LogP contribution in [0.1, 0.15) is 29.5 Å². The molecule has 1 amide bonds. The fourth-order valence-electron chi connectivity index (χ4n) is 3.61. The third-order valence-electron chi connectivity index (χ3n) is 5.19. The van der Waals surface area contributed by atoms with Gasteiger partial charge in [-0.2, -0.15) is 17.5 Å². The number of halogens is 4. The highest BCUT2D eigenvalue weighted by molar-refractivity contribution is 14.1. The molecule has 1 saturated heterocycles. The monoisotopic (exact) mass is 548 g/mol. The lowest BCUT2D eigenvalue weighted by molar-refractivity contribution is -0.171. The van der Waals surface area contributed by atoms with Gasteiger partial charge in [0.15, 0.2) is 3.55 Å². The SMILES string of the molecule is O=CN(O)C(I)(CS(=O)(=O)N1CCc2cc(C(F)(F)F)ccc2C1)[C@H]1CCCO1. The number of hydroxylamine groups is 2. The number of fused-ring (bicyclic) bond motifs is 1. The first-order valence-electron chi connectivity index (χ1n) is 8.88. The van der Waals surface area contributed by atoms with E-state index in [9.17, 15) is 31.6 Å². The molecule has 1 unspecified atom stereocenters. The topological polar surface area (TPSA) is 87.2 Å². The highest BCUT2D eigenvalue weighted by Gasteiger charge is 2.49. The van der Waals surface area contributed by atoms with E-state index < -0.39 is 37.2 Å². The second kappa shape index (κ2) is 8.29. The van der Waals surface area contributed by atoms with Crippen LogP contribution in [0.4, 0.5) is 13.2 Å². The van der Waals surface area contributed by atoms with Crippen molar-refractivity contribution < 1.29 is 36.3 Å². The summed E-state index contributed by atoms with van der Waals surface area (Å²) in [6.07, 6.45) is -3.65. The molecule has 12 heteroatoms. The van der Waals surface area contributed by atoms with Crippen molar-refractivity contribution in [2.75, 3.05) is 18.9 Å². The molecule has 1 aromatic rings. The Kier molecular flexibility index (Phi) is 6.49. The molecule has 2 aliphatic heterocycles. The Labute approximate surface area is 179 Å². The van der Waals surface area contributed by atoms with Gasteiger partial charge < -0.3 is 4.74 Å². The van der Waals surface area contributed by atoms with Gasteiger partial charge in [-0.15, -0.1) is 0 Å². The molecule has 1 N–H and O–H groups in total. The fourth-order valence-corrected chi connectivity index (χ4v) is 7.11. The van der Waals surface area contributed by atoms with E-state index >= 15 is 0 Å². The lowest BCUT2D eigenvalue weighted by Gasteiger charge is -2.38. The van der Waals surface area contributed by atoms with Crippen LogP contribution in [-0.4, -0.2) is 58.0 Å². The minimum atomic E-state index is -4.46. The summed E-state index contributed by atoms with van der Waals surface area (Å²) in [4.78, 5) is 11.2. The average Bonchev–Trinajstić information content (AvgIpc) is 3.20. The molecule has 7 nitrogen and oxygen atoms in total. The zero-order valence-electron chi connectivity index (χ0n) is 15.2. The molecular formula is C17H20F3IN2O5S. The summed E-state index contributed by atoms with van der Waals surface area (Å²) in [5, 5.41) is 10.4. The van der Waals surface area contributed by atoms with E-state index in [2.05, 4.69) is 0 Å². The molecule has 0 aromatic heterocycles. The van der Waals surface area contributed by atoms with Gasteiger partial charge >= 0.3 is 6.18 Å². The van der Waals surface area contributed by atoms with Crippen LogP contribution in [0.15, 0.2) is 18.2 Å². The molecule has 0 saturated carbocycles. The van der Waals surface area contributed by atoms with E-state index in [4.69, 9.17) is 4.74 Å². The van der Waals surface area contributed by atoms with E-state index in [1.807, 2.05) is 0 Å². The van der Waals surface area contributed by atoms with Gasteiger partial charge in [0.2, 0.25) is 16.4 Å². The zero-order valence-corrected chi connectivity index (χ0v) is 18.2. The quantitative estimate of drug-likeness (QED) is 0.148. The van der Waals surface area contributed by atoms with Crippen LogP contribution in [-0.2, 0) is 38.7 Å². The predicted molar refractivity (Wildman–Crippen MR) is 105 cm³/mol. The molecule has 1 aromatic carbocycles. The fraction of sp³-hybridized carbons (Fsp3) is 0.588. The first-order chi connectivity index (χ1) is 13.5. The van der Waals surface area contributed by atoms with Crippen LogP contribution in [0, 0.1) is 0 Å². The third-order valence-corrected chi connectivity index (χ3v) is 9.18. The van der Waals surface area contributed by atoms with E-state index in [0.717, 1.165) is 12.1 Å². The Hall–Kier alpha value is -0.960. The number of ether oxygens (including phenoxy) is 1. The molecule has 3 rings (SSSR count). The molecular weight excluding hydrogens is 528 g/mol. The van der Waals surface area contributed by atoms with Crippen LogP contribution in [0.25, 0.3) is 0 Å². The first kappa shape index (κ1) is 22.7. The van der Waals surface area contributed by atoms with Gasteiger partial charge in [-0.25, -0.2) is 13.5 Å². The highest BCUT2D eigenvalue weighted by atomic mass is 127. The number of sulfonamides is 1. The second-order valence-electron chi connectivity index (χ2n) is 7.09. The van der Waals surface area contributed by atoms with Crippen molar-refractivity contribution in [3.8, 4) is 0 Å². The molecule has 0 radical (unpaired) electrons. The Morgan fingerprint density at radius 2 is 2.07 bits per heavy atom. The Morgan fingerprint density at radius 1 is 1.34 bits per heavy atom. The number of alkyl halides is 4. The highest BCUT2D eigenvalue weighted by Crippen LogP contribution is 2.37. The van der Waals surface area contributed by atoms with Gasteiger partial charge in [0.05, 0.1) is 11.7 Å². The van der Waals surface area contributed by atoms with E-state index in [1.54, 1.807) is 22.6 Å². The Morgan fingerprint density at radius 3 is 2.66 bits per heavy atom.